The molecule has 2 N–H and O–H groups in total. The first-order valence-corrected chi connectivity index (χ1v) is 12.2. The van der Waals surface area contributed by atoms with Crippen LogP contribution in [0.2, 0.25) is 10.0 Å². The molecule has 4 aromatic rings. The van der Waals surface area contributed by atoms with Gasteiger partial charge in [0, 0.05) is 31.3 Å². The largest absolute Gasteiger partial charge is 0.352 e. The van der Waals surface area contributed by atoms with Gasteiger partial charge in [-0.2, -0.15) is 0 Å². The SMILES string of the molecule is Cn1c(CCNC(=O)c2ccc(Cl)c(Cl)c2)nnc1SCC(=O)Nc1ccc2ccccc2c1. The van der Waals surface area contributed by atoms with Crippen molar-refractivity contribution < 1.29 is 9.59 Å². The number of halogens is 2. The van der Waals surface area contributed by atoms with Crippen LogP contribution in [0.4, 0.5) is 5.69 Å². The molecule has 0 atom stereocenters. The van der Waals surface area contributed by atoms with Gasteiger partial charge in [0.15, 0.2) is 5.16 Å². The van der Waals surface area contributed by atoms with E-state index in [2.05, 4.69) is 20.8 Å². The fourth-order valence-electron chi connectivity index (χ4n) is 3.31. The molecule has 3 aromatic carbocycles. The molecule has 0 radical (unpaired) electrons. The summed E-state index contributed by atoms with van der Waals surface area (Å²) >= 11 is 13.2. The summed E-state index contributed by atoms with van der Waals surface area (Å²) in [6.07, 6.45) is 0.487. The zero-order chi connectivity index (χ0) is 24.1. The van der Waals surface area contributed by atoms with Crippen molar-refractivity contribution in [2.24, 2.45) is 7.05 Å². The Kier molecular flexibility index (Phi) is 7.72. The molecular formula is C24H21Cl2N5O2S. The van der Waals surface area contributed by atoms with Crippen LogP contribution in [-0.4, -0.2) is 38.9 Å². The number of rotatable bonds is 8. The molecule has 4 rings (SSSR count). The van der Waals surface area contributed by atoms with Crippen molar-refractivity contribution in [2.45, 2.75) is 11.6 Å². The van der Waals surface area contributed by atoms with E-state index in [0.717, 1.165) is 16.5 Å². The summed E-state index contributed by atoms with van der Waals surface area (Å²) in [5.74, 6) is 0.527. The van der Waals surface area contributed by atoms with Gasteiger partial charge in [0.1, 0.15) is 5.82 Å². The molecule has 10 heteroatoms. The highest BCUT2D eigenvalue weighted by Crippen LogP contribution is 2.23. The van der Waals surface area contributed by atoms with Gasteiger partial charge in [-0.15, -0.1) is 10.2 Å². The summed E-state index contributed by atoms with van der Waals surface area (Å²) < 4.78 is 1.82. The third-order valence-electron chi connectivity index (χ3n) is 5.11. The van der Waals surface area contributed by atoms with E-state index in [-0.39, 0.29) is 17.6 Å². The highest BCUT2D eigenvalue weighted by Gasteiger charge is 2.13. The second-order valence-electron chi connectivity index (χ2n) is 7.49. The van der Waals surface area contributed by atoms with Gasteiger partial charge in [0.25, 0.3) is 5.91 Å². The predicted molar refractivity (Wildman–Crippen MR) is 137 cm³/mol. The van der Waals surface area contributed by atoms with Gasteiger partial charge in [0.2, 0.25) is 5.91 Å². The number of aromatic nitrogens is 3. The first-order valence-electron chi connectivity index (χ1n) is 10.4. The highest BCUT2D eigenvalue weighted by molar-refractivity contribution is 7.99. The molecule has 0 spiro atoms. The lowest BCUT2D eigenvalue weighted by Crippen LogP contribution is -2.26. The van der Waals surface area contributed by atoms with Gasteiger partial charge in [-0.05, 0) is 41.1 Å². The molecule has 0 aliphatic carbocycles. The molecule has 0 saturated carbocycles. The summed E-state index contributed by atoms with van der Waals surface area (Å²) in [4.78, 5) is 24.7. The second-order valence-corrected chi connectivity index (χ2v) is 9.25. The van der Waals surface area contributed by atoms with E-state index in [9.17, 15) is 9.59 Å². The van der Waals surface area contributed by atoms with E-state index >= 15 is 0 Å². The summed E-state index contributed by atoms with van der Waals surface area (Å²) in [6, 6.07) is 18.5. The molecule has 0 bridgehead atoms. The molecule has 1 aromatic heterocycles. The molecule has 2 amide bonds. The van der Waals surface area contributed by atoms with Crippen LogP contribution in [0.1, 0.15) is 16.2 Å². The van der Waals surface area contributed by atoms with Gasteiger partial charge in [0.05, 0.1) is 15.8 Å². The topological polar surface area (TPSA) is 88.9 Å². The lowest BCUT2D eigenvalue weighted by atomic mass is 10.1. The van der Waals surface area contributed by atoms with Crippen LogP contribution in [0.3, 0.4) is 0 Å². The highest BCUT2D eigenvalue weighted by atomic mass is 35.5. The predicted octanol–water partition coefficient (Wildman–Crippen LogP) is 4.98. The quantitative estimate of drug-likeness (QED) is 0.324. The van der Waals surface area contributed by atoms with E-state index in [1.54, 1.807) is 12.1 Å². The monoisotopic (exact) mass is 513 g/mol. The van der Waals surface area contributed by atoms with Crippen molar-refractivity contribution in [1.82, 2.24) is 20.1 Å². The Balaban J connectivity index is 1.26. The van der Waals surface area contributed by atoms with E-state index in [4.69, 9.17) is 23.2 Å². The Labute approximate surface area is 210 Å². The van der Waals surface area contributed by atoms with Gasteiger partial charge in [-0.3, -0.25) is 9.59 Å². The summed E-state index contributed by atoms with van der Waals surface area (Å²) in [5.41, 5.74) is 1.18. The summed E-state index contributed by atoms with van der Waals surface area (Å²) in [5, 5.41) is 17.6. The lowest BCUT2D eigenvalue weighted by Gasteiger charge is -2.08. The maximum atomic E-state index is 12.4. The van der Waals surface area contributed by atoms with Gasteiger partial charge >= 0.3 is 0 Å². The van der Waals surface area contributed by atoms with Crippen molar-refractivity contribution in [3.8, 4) is 0 Å². The average Bonchev–Trinajstić information content (AvgIpc) is 3.18. The number of nitrogens with zero attached hydrogens (tertiary/aromatic N) is 3. The van der Waals surface area contributed by atoms with Crippen LogP contribution in [0.25, 0.3) is 10.8 Å². The molecule has 7 nitrogen and oxygen atoms in total. The summed E-state index contributed by atoms with van der Waals surface area (Å²) in [7, 11) is 1.83. The number of anilines is 1. The molecule has 0 aliphatic heterocycles. The first-order chi connectivity index (χ1) is 16.4. The number of hydrogen-bond acceptors (Lipinski definition) is 5. The molecule has 0 fully saturated rings. The van der Waals surface area contributed by atoms with Crippen LogP contribution in [0.15, 0.2) is 65.8 Å². The fourth-order valence-corrected chi connectivity index (χ4v) is 4.34. The molecule has 174 valence electrons. The third-order valence-corrected chi connectivity index (χ3v) is 6.87. The molecule has 0 unspecified atom stereocenters. The minimum atomic E-state index is -0.249. The Hall–Kier alpha value is -3.07. The number of amides is 2. The molecule has 34 heavy (non-hydrogen) atoms. The van der Waals surface area contributed by atoms with Crippen molar-refractivity contribution in [1.29, 1.82) is 0 Å². The number of thioether (sulfide) groups is 1. The van der Waals surface area contributed by atoms with Crippen LogP contribution < -0.4 is 10.6 Å². The third kappa shape index (κ3) is 5.88. The smallest absolute Gasteiger partial charge is 0.251 e. The summed E-state index contributed by atoms with van der Waals surface area (Å²) in [6.45, 7) is 0.373. The van der Waals surface area contributed by atoms with Crippen molar-refractivity contribution >= 4 is 63.2 Å². The number of nitrogens with one attached hydrogen (secondary N) is 2. The average molecular weight is 514 g/mol. The Morgan fingerprint density at radius 2 is 1.76 bits per heavy atom. The zero-order valence-electron chi connectivity index (χ0n) is 18.2. The fraction of sp³-hybridized carbons (Fsp3) is 0.167. The maximum absolute atomic E-state index is 12.4. The van der Waals surface area contributed by atoms with Crippen molar-refractivity contribution in [2.75, 3.05) is 17.6 Å². The minimum absolute atomic E-state index is 0.126. The van der Waals surface area contributed by atoms with Crippen molar-refractivity contribution in [3.05, 3.63) is 82.1 Å². The number of fused-ring (bicyclic) bond motifs is 1. The number of hydrogen-bond donors (Lipinski definition) is 2. The molecule has 0 aliphatic rings. The maximum Gasteiger partial charge on any atom is 0.251 e. The van der Waals surface area contributed by atoms with E-state index < -0.39 is 0 Å². The normalized spacial score (nSPS) is 10.9. The van der Waals surface area contributed by atoms with Crippen molar-refractivity contribution in [3.63, 3.8) is 0 Å². The van der Waals surface area contributed by atoms with E-state index in [0.29, 0.717) is 39.6 Å². The van der Waals surface area contributed by atoms with Gasteiger partial charge in [-0.1, -0.05) is 65.3 Å². The van der Waals surface area contributed by atoms with Crippen LogP contribution >= 0.6 is 35.0 Å². The number of carbonyl (C=O) groups excluding carboxylic acids is 2. The van der Waals surface area contributed by atoms with Crippen LogP contribution in [0.5, 0.6) is 0 Å². The zero-order valence-corrected chi connectivity index (χ0v) is 20.5. The first kappa shape index (κ1) is 24.1. The second kappa shape index (κ2) is 10.9. The Morgan fingerprint density at radius 1 is 0.971 bits per heavy atom. The van der Waals surface area contributed by atoms with E-state index in [1.807, 2.05) is 54.1 Å². The van der Waals surface area contributed by atoms with E-state index in [1.165, 1.54) is 17.8 Å². The molecule has 1 heterocycles. The van der Waals surface area contributed by atoms with Crippen LogP contribution in [-0.2, 0) is 18.3 Å². The number of carbonyl (C=O) groups is 2. The lowest BCUT2D eigenvalue weighted by molar-refractivity contribution is -0.113. The number of benzene rings is 3. The molecule has 0 saturated heterocycles. The minimum Gasteiger partial charge on any atom is -0.352 e. The van der Waals surface area contributed by atoms with Gasteiger partial charge in [-0.25, -0.2) is 0 Å². The Morgan fingerprint density at radius 3 is 2.56 bits per heavy atom. The van der Waals surface area contributed by atoms with Crippen LogP contribution in [0, 0.1) is 0 Å². The van der Waals surface area contributed by atoms with Gasteiger partial charge < -0.3 is 15.2 Å². The Bertz CT molecular complexity index is 1360. The molecular weight excluding hydrogens is 493 g/mol. The standard InChI is InChI=1S/C24H21Cl2N5O2S/c1-31-21(10-11-27-23(33)17-7-9-19(25)20(26)13-17)29-30-24(31)34-14-22(32)28-18-8-6-15-4-2-3-5-16(15)12-18/h2-9,12-13H,10-11,14H2,1H3,(H,27,33)(H,28,32).